The van der Waals surface area contributed by atoms with Crippen LogP contribution in [0.2, 0.25) is 0 Å². The number of carbonyl (C=O) groups is 3. The van der Waals surface area contributed by atoms with Crippen molar-refractivity contribution in [2.24, 2.45) is 0 Å². The second-order valence-electron chi connectivity index (χ2n) is 6.44. The smallest absolute Gasteiger partial charge is 0.257 e. The molecule has 6 nitrogen and oxygen atoms in total. The number of fused-ring (bicyclic) bond motifs is 3. The van der Waals surface area contributed by atoms with Crippen LogP contribution in [0.4, 0.5) is 20.2 Å². The van der Waals surface area contributed by atoms with Gasteiger partial charge in [-0.05, 0) is 30.7 Å². The zero-order chi connectivity index (χ0) is 19.9. The number of amides is 3. The van der Waals surface area contributed by atoms with Crippen molar-refractivity contribution < 1.29 is 23.2 Å². The number of para-hydroxylation sites is 1. The van der Waals surface area contributed by atoms with Gasteiger partial charge in [0.2, 0.25) is 11.8 Å². The average molecular weight is 403 g/mol. The molecule has 144 valence electrons. The van der Waals surface area contributed by atoms with Crippen LogP contribution in [0.3, 0.4) is 0 Å². The molecule has 0 bridgehead atoms. The average Bonchev–Trinajstić information content (AvgIpc) is 3.18. The highest BCUT2D eigenvalue weighted by Crippen LogP contribution is 2.55. The normalized spacial score (nSPS) is 19.9. The molecule has 9 heteroatoms. The van der Waals surface area contributed by atoms with Crippen molar-refractivity contribution in [1.82, 2.24) is 5.32 Å². The van der Waals surface area contributed by atoms with E-state index < -0.39 is 28.3 Å². The Balaban J connectivity index is 1.44. The molecule has 0 aromatic heterocycles. The number of benzene rings is 2. The summed E-state index contributed by atoms with van der Waals surface area (Å²) in [7, 11) is 0. The van der Waals surface area contributed by atoms with E-state index in [1.165, 1.54) is 22.7 Å². The van der Waals surface area contributed by atoms with Gasteiger partial charge in [-0.25, -0.2) is 8.78 Å². The number of nitrogens with one attached hydrogen (secondary N) is 2. The lowest BCUT2D eigenvalue weighted by molar-refractivity contribution is -0.126. The molecule has 1 atom stereocenters. The van der Waals surface area contributed by atoms with Crippen LogP contribution in [0.1, 0.15) is 12.8 Å². The number of anilines is 2. The van der Waals surface area contributed by atoms with Crippen LogP contribution < -0.4 is 15.5 Å². The van der Waals surface area contributed by atoms with Gasteiger partial charge in [-0.1, -0.05) is 23.9 Å². The molecule has 0 spiro atoms. The van der Waals surface area contributed by atoms with Crippen molar-refractivity contribution in [3.63, 3.8) is 0 Å². The van der Waals surface area contributed by atoms with Crippen molar-refractivity contribution in [1.29, 1.82) is 0 Å². The molecule has 2 aliphatic heterocycles. The van der Waals surface area contributed by atoms with E-state index in [1.807, 2.05) is 12.1 Å². The fourth-order valence-corrected chi connectivity index (χ4v) is 4.81. The molecule has 2 heterocycles. The third-order valence-corrected chi connectivity index (χ3v) is 6.12. The molecule has 2 aromatic rings. The highest BCUT2D eigenvalue weighted by Gasteiger charge is 2.57. The van der Waals surface area contributed by atoms with Gasteiger partial charge < -0.3 is 10.6 Å². The van der Waals surface area contributed by atoms with Crippen LogP contribution in [0.25, 0.3) is 0 Å². The summed E-state index contributed by atoms with van der Waals surface area (Å²) >= 11 is 1.30. The van der Waals surface area contributed by atoms with Gasteiger partial charge in [0.05, 0.1) is 12.2 Å². The van der Waals surface area contributed by atoms with Crippen LogP contribution in [-0.2, 0) is 14.4 Å². The quantitative estimate of drug-likeness (QED) is 0.823. The van der Waals surface area contributed by atoms with Gasteiger partial charge in [-0.3, -0.25) is 19.3 Å². The fraction of sp³-hybridized carbons (Fsp3) is 0.211. The van der Waals surface area contributed by atoms with Gasteiger partial charge in [0, 0.05) is 23.1 Å². The molecule has 1 unspecified atom stereocenters. The maximum absolute atomic E-state index is 13.2. The molecule has 2 aliphatic rings. The van der Waals surface area contributed by atoms with E-state index in [2.05, 4.69) is 10.6 Å². The molecular weight excluding hydrogens is 388 g/mol. The van der Waals surface area contributed by atoms with E-state index in [0.717, 1.165) is 17.0 Å². The molecule has 0 radical (unpaired) electrons. The van der Waals surface area contributed by atoms with Crippen molar-refractivity contribution >= 4 is 40.9 Å². The van der Waals surface area contributed by atoms with E-state index in [1.54, 1.807) is 12.1 Å². The molecule has 1 fully saturated rings. The molecular formula is C19H15F2N3O3S. The lowest BCUT2D eigenvalue weighted by Crippen LogP contribution is -2.53. The topological polar surface area (TPSA) is 78.5 Å². The summed E-state index contributed by atoms with van der Waals surface area (Å²) in [4.78, 5) is 38.5. The monoisotopic (exact) mass is 403 g/mol. The zero-order valence-electron chi connectivity index (χ0n) is 14.5. The molecule has 0 saturated carbocycles. The first-order chi connectivity index (χ1) is 13.4. The second-order valence-corrected chi connectivity index (χ2v) is 7.76. The highest BCUT2D eigenvalue weighted by molar-refractivity contribution is 8.02. The van der Waals surface area contributed by atoms with E-state index >= 15 is 0 Å². The van der Waals surface area contributed by atoms with E-state index in [-0.39, 0.29) is 24.6 Å². The number of thioether (sulfide) groups is 1. The summed E-state index contributed by atoms with van der Waals surface area (Å²) in [5, 5.41) is 4.95. The Labute approximate surface area is 163 Å². The van der Waals surface area contributed by atoms with Gasteiger partial charge >= 0.3 is 0 Å². The van der Waals surface area contributed by atoms with Crippen LogP contribution >= 0.6 is 11.8 Å². The maximum atomic E-state index is 13.2. The Morgan fingerprint density at radius 2 is 1.93 bits per heavy atom. The predicted molar refractivity (Wildman–Crippen MR) is 99.7 cm³/mol. The molecule has 28 heavy (non-hydrogen) atoms. The summed E-state index contributed by atoms with van der Waals surface area (Å²) in [5.74, 6) is -3.28. The van der Waals surface area contributed by atoms with Crippen LogP contribution in [0, 0.1) is 11.6 Å². The van der Waals surface area contributed by atoms with Gasteiger partial charge in [0.1, 0.15) is 0 Å². The minimum Gasteiger partial charge on any atom is -0.344 e. The molecule has 1 saturated heterocycles. The summed E-state index contributed by atoms with van der Waals surface area (Å²) < 4.78 is 26.2. The van der Waals surface area contributed by atoms with Crippen molar-refractivity contribution in [2.75, 3.05) is 16.8 Å². The van der Waals surface area contributed by atoms with E-state index in [4.69, 9.17) is 0 Å². The third kappa shape index (κ3) is 3.01. The first-order valence-electron chi connectivity index (χ1n) is 8.55. The van der Waals surface area contributed by atoms with Gasteiger partial charge in [-0.15, -0.1) is 0 Å². The molecule has 2 N–H and O–H groups in total. The lowest BCUT2D eigenvalue weighted by Gasteiger charge is -2.29. The van der Waals surface area contributed by atoms with Crippen LogP contribution in [-0.4, -0.2) is 29.1 Å². The van der Waals surface area contributed by atoms with Crippen molar-refractivity contribution in [3.8, 4) is 0 Å². The Bertz CT molecular complexity index is 1000. The number of nitrogens with zero attached hydrogens (tertiary/aromatic N) is 1. The maximum Gasteiger partial charge on any atom is 0.257 e. The lowest BCUT2D eigenvalue weighted by atomic mass is 10.2. The number of hydrogen-bond donors (Lipinski definition) is 2. The molecule has 3 amide bonds. The molecule has 0 aliphatic carbocycles. The first-order valence-corrected chi connectivity index (χ1v) is 9.37. The summed E-state index contributed by atoms with van der Waals surface area (Å²) in [6, 6.07) is 10.2. The Morgan fingerprint density at radius 1 is 1.14 bits per heavy atom. The zero-order valence-corrected chi connectivity index (χ0v) is 15.3. The van der Waals surface area contributed by atoms with Crippen molar-refractivity contribution in [3.05, 3.63) is 54.1 Å². The molecule has 4 rings (SSSR count). The summed E-state index contributed by atoms with van der Waals surface area (Å²) in [5.41, 5.74) is 0.771. The Hall–Kier alpha value is -2.94. The summed E-state index contributed by atoms with van der Waals surface area (Å²) in [6.07, 6.45) is 0.581. The largest absolute Gasteiger partial charge is 0.344 e. The molecule has 2 aromatic carbocycles. The Morgan fingerprint density at radius 3 is 2.71 bits per heavy atom. The van der Waals surface area contributed by atoms with Crippen LogP contribution in [0.5, 0.6) is 0 Å². The van der Waals surface area contributed by atoms with Gasteiger partial charge in [0.15, 0.2) is 16.5 Å². The van der Waals surface area contributed by atoms with Crippen molar-refractivity contribution in [2.45, 2.75) is 22.6 Å². The van der Waals surface area contributed by atoms with E-state index in [9.17, 15) is 23.2 Å². The number of rotatable bonds is 4. The predicted octanol–water partition coefficient (Wildman–Crippen LogP) is 2.65. The minimum atomic E-state index is -1.11. The SMILES string of the molecule is O=C(CNC(=O)C12CCC(=O)N1c1ccccc1S2)Nc1ccc(F)c(F)c1. The third-order valence-electron chi connectivity index (χ3n) is 4.64. The van der Waals surface area contributed by atoms with E-state index in [0.29, 0.717) is 12.1 Å². The first kappa shape index (κ1) is 18.4. The van der Waals surface area contributed by atoms with Crippen LogP contribution in [0.15, 0.2) is 47.4 Å². The summed E-state index contributed by atoms with van der Waals surface area (Å²) in [6.45, 7) is -0.363. The van der Waals surface area contributed by atoms with Gasteiger partial charge in [0.25, 0.3) is 5.91 Å². The standard InChI is InChI=1S/C19H15F2N3O3S/c20-12-6-5-11(9-13(12)21)23-16(25)10-22-18(27)19-8-7-17(26)24(19)14-3-1-2-4-15(14)28-19/h1-6,9H,7-8,10H2,(H,22,27)(H,23,25). The highest BCUT2D eigenvalue weighted by atomic mass is 32.2. The number of halogens is 2. The number of hydrogen-bond acceptors (Lipinski definition) is 4. The number of carbonyl (C=O) groups excluding carboxylic acids is 3. The fourth-order valence-electron chi connectivity index (χ4n) is 3.38. The Kier molecular flexibility index (Phi) is 4.54. The van der Waals surface area contributed by atoms with Gasteiger partial charge in [-0.2, -0.15) is 0 Å². The second kappa shape index (κ2) is 6.90. The minimum absolute atomic E-state index is 0.0802.